The lowest BCUT2D eigenvalue weighted by molar-refractivity contribution is 0.194. The van der Waals surface area contributed by atoms with Gasteiger partial charge in [-0.25, -0.2) is 4.79 Å². The molecule has 0 spiro atoms. The molecule has 0 atom stereocenters. The van der Waals surface area contributed by atoms with Gasteiger partial charge in [-0.2, -0.15) is 11.8 Å². The predicted octanol–water partition coefficient (Wildman–Crippen LogP) is 8.03. The lowest BCUT2D eigenvalue weighted by Gasteiger charge is -2.04. The van der Waals surface area contributed by atoms with Crippen LogP contribution in [0.3, 0.4) is 0 Å². The molecule has 27 heavy (non-hydrogen) atoms. The third-order valence-corrected chi connectivity index (χ3v) is 6.29. The summed E-state index contributed by atoms with van der Waals surface area (Å²) in [5.41, 5.74) is 0. The van der Waals surface area contributed by atoms with Crippen molar-refractivity contribution in [2.75, 3.05) is 18.1 Å². The van der Waals surface area contributed by atoms with Crippen molar-refractivity contribution in [3.8, 4) is 0 Å². The van der Waals surface area contributed by atoms with Crippen molar-refractivity contribution < 1.29 is 9.90 Å². The molecule has 0 rings (SSSR count). The van der Waals surface area contributed by atoms with E-state index in [4.69, 9.17) is 5.11 Å². The van der Waals surface area contributed by atoms with E-state index < -0.39 is 6.09 Å². The maximum Gasteiger partial charge on any atom is 0.404 e. The standard InChI is InChI=1S/C23H47NO2S/c1-2-3-4-5-6-7-9-12-15-18-21-27-22-19-16-13-10-8-11-14-17-20-24-23(25)26/h24H,2-22H2,1H3,(H,25,26). The van der Waals surface area contributed by atoms with E-state index in [-0.39, 0.29) is 0 Å². The first-order chi connectivity index (χ1) is 13.3. The van der Waals surface area contributed by atoms with E-state index in [2.05, 4.69) is 24.0 Å². The van der Waals surface area contributed by atoms with Gasteiger partial charge in [-0.05, 0) is 30.8 Å². The third kappa shape index (κ3) is 25.6. The van der Waals surface area contributed by atoms with Crippen molar-refractivity contribution in [2.45, 2.75) is 122 Å². The first kappa shape index (κ1) is 26.6. The van der Waals surface area contributed by atoms with Gasteiger partial charge in [-0.3, -0.25) is 0 Å². The Balaban J connectivity index is 2.98. The number of hydrogen-bond acceptors (Lipinski definition) is 2. The summed E-state index contributed by atoms with van der Waals surface area (Å²) in [5, 5.41) is 10.9. The van der Waals surface area contributed by atoms with E-state index in [0.29, 0.717) is 6.54 Å². The van der Waals surface area contributed by atoms with Crippen LogP contribution in [-0.4, -0.2) is 29.3 Å². The molecule has 162 valence electrons. The molecule has 0 aromatic carbocycles. The zero-order valence-corrected chi connectivity index (χ0v) is 18.9. The van der Waals surface area contributed by atoms with Crippen molar-refractivity contribution >= 4 is 17.9 Å². The molecule has 0 aromatic heterocycles. The zero-order chi connectivity index (χ0) is 19.8. The van der Waals surface area contributed by atoms with E-state index in [0.717, 1.165) is 12.8 Å². The van der Waals surface area contributed by atoms with Crippen molar-refractivity contribution in [3.05, 3.63) is 0 Å². The van der Waals surface area contributed by atoms with Gasteiger partial charge in [0.15, 0.2) is 0 Å². The number of amides is 1. The molecule has 0 aromatic rings. The largest absolute Gasteiger partial charge is 0.465 e. The molecule has 4 heteroatoms. The second kappa shape index (κ2) is 23.7. The lowest BCUT2D eigenvalue weighted by Crippen LogP contribution is -2.21. The van der Waals surface area contributed by atoms with Gasteiger partial charge in [0.25, 0.3) is 0 Å². The Hall–Kier alpha value is -0.380. The number of nitrogens with one attached hydrogen (secondary N) is 1. The lowest BCUT2D eigenvalue weighted by atomic mass is 10.1. The molecule has 0 radical (unpaired) electrons. The molecule has 1 amide bonds. The SMILES string of the molecule is CCCCCCCCCCCCSCCCCCCCCCCNC(=O)O. The minimum atomic E-state index is -0.902. The van der Waals surface area contributed by atoms with Gasteiger partial charge < -0.3 is 10.4 Å². The number of carboxylic acid groups (broad SMARTS) is 1. The first-order valence-electron chi connectivity index (χ1n) is 11.8. The van der Waals surface area contributed by atoms with Crippen LogP contribution in [0.1, 0.15) is 122 Å². The van der Waals surface area contributed by atoms with E-state index in [1.165, 1.54) is 114 Å². The minimum absolute atomic E-state index is 0.603. The summed E-state index contributed by atoms with van der Waals surface area (Å²) < 4.78 is 0. The quantitative estimate of drug-likeness (QED) is 0.180. The minimum Gasteiger partial charge on any atom is -0.465 e. The Morgan fingerprint density at radius 2 is 1.00 bits per heavy atom. The van der Waals surface area contributed by atoms with Crippen LogP contribution in [-0.2, 0) is 0 Å². The second-order valence-electron chi connectivity index (χ2n) is 7.85. The third-order valence-electron chi connectivity index (χ3n) is 5.13. The molecule has 0 aliphatic carbocycles. The normalized spacial score (nSPS) is 11.0. The number of unbranched alkanes of at least 4 members (excludes halogenated alkanes) is 16. The van der Waals surface area contributed by atoms with Gasteiger partial charge in [0.1, 0.15) is 0 Å². The fourth-order valence-electron chi connectivity index (χ4n) is 3.38. The van der Waals surface area contributed by atoms with Crippen molar-refractivity contribution in [1.29, 1.82) is 0 Å². The Labute approximate surface area is 173 Å². The van der Waals surface area contributed by atoms with Crippen LogP contribution in [0.2, 0.25) is 0 Å². The van der Waals surface area contributed by atoms with Crippen LogP contribution >= 0.6 is 11.8 Å². The van der Waals surface area contributed by atoms with Gasteiger partial charge >= 0.3 is 6.09 Å². The Bertz CT molecular complexity index is 300. The summed E-state index contributed by atoms with van der Waals surface area (Å²) in [5.74, 6) is 2.71. The molecule has 0 bridgehead atoms. The average Bonchev–Trinajstić information content (AvgIpc) is 2.65. The first-order valence-corrected chi connectivity index (χ1v) is 13.0. The van der Waals surface area contributed by atoms with E-state index in [1.54, 1.807) is 0 Å². The number of hydrogen-bond donors (Lipinski definition) is 2. The fraction of sp³-hybridized carbons (Fsp3) is 0.957. The molecule has 0 fully saturated rings. The summed E-state index contributed by atoms with van der Waals surface area (Å²) in [6.07, 6.45) is 23.6. The molecule has 0 unspecified atom stereocenters. The van der Waals surface area contributed by atoms with Gasteiger partial charge in [0.2, 0.25) is 0 Å². The van der Waals surface area contributed by atoms with Gasteiger partial charge in [-0.15, -0.1) is 0 Å². The molecule has 2 N–H and O–H groups in total. The van der Waals surface area contributed by atoms with Crippen LogP contribution in [0, 0.1) is 0 Å². The predicted molar refractivity (Wildman–Crippen MR) is 122 cm³/mol. The van der Waals surface area contributed by atoms with Crippen molar-refractivity contribution in [2.24, 2.45) is 0 Å². The highest BCUT2D eigenvalue weighted by atomic mass is 32.2. The summed E-state index contributed by atoms with van der Waals surface area (Å²) in [6.45, 7) is 2.89. The number of rotatable bonds is 22. The van der Waals surface area contributed by atoms with Crippen LogP contribution in [0.5, 0.6) is 0 Å². The zero-order valence-electron chi connectivity index (χ0n) is 18.1. The van der Waals surface area contributed by atoms with E-state index in [1.807, 2.05) is 0 Å². The van der Waals surface area contributed by atoms with Crippen LogP contribution < -0.4 is 5.32 Å². The Kier molecular flexibility index (Phi) is 23.3. The highest BCUT2D eigenvalue weighted by molar-refractivity contribution is 7.99. The van der Waals surface area contributed by atoms with E-state index >= 15 is 0 Å². The number of thioether (sulfide) groups is 1. The van der Waals surface area contributed by atoms with Gasteiger partial charge in [-0.1, -0.05) is 103 Å². The van der Waals surface area contributed by atoms with E-state index in [9.17, 15) is 4.79 Å². The second-order valence-corrected chi connectivity index (χ2v) is 9.08. The van der Waals surface area contributed by atoms with Crippen LogP contribution in [0.4, 0.5) is 4.79 Å². The maximum absolute atomic E-state index is 10.3. The van der Waals surface area contributed by atoms with Crippen LogP contribution in [0.25, 0.3) is 0 Å². The molecule has 0 saturated carbocycles. The smallest absolute Gasteiger partial charge is 0.404 e. The Morgan fingerprint density at radius 1 is 0.630 bits per heavy atom. The summed E-state index contributed by atoms with van der Waals surface area (Å²) in [6, 6.07) is 0. The molecule has 3 nitrogen and oxygen atoms in total. The molecule has 0 aliphatic heterocycles. The average molecular weight is 402 g/mol. The Morgan fingerprint density at radius 3 is 1.41 bits per heavy atom. The van der Waals surface area contributed by atoms with Gasteiger partial charge in [0.05, 0.1) is 0 Å². The molecular formula is C23H47NO2S. The molecular weight excluding hydrogens is 354 g/mol. The van der Waals surface area contributed by atoms with Gasteiger partial charge in [0, 0.05) is 6.54 Å². The summed E-state index contributed by atoms with van der Waals surface area (Å²) in [4.78, 5) is 10.3. The highest BCUT2D eigenvalue weighted by Gasteiger charge is 1.96. The monoisotopic (exact) mass is 401 g/mol. The summed E-state index contributed by atoms with van der Waals surface area (Å²) >= 11 is 2.16. The number of carbonyl (C=O) groups is 1. The van der Waals surface area contributed by atoms with Crippen molar-refractivity contribution in [1.82, 2.24) is 5.32 Å². The molecule has 0 saturated heterocycles. The fourth-order valence-corrected chi connectivity index (χ4v) is 4.40. The molecule has 0 aliphatic rings. The maximum atomic E-state index is 10.3. The highest BCUT2D eigenvalue weighted by Crippen LogP contribution is 2.14. The topological polar surface area (TPSA) is 49.3 Å². The van der Waals surface area contributed by atoms with Crippen LogP contribution in [0.15, 0.2) is 0 Å². The van der Waals surface area contributed by atoms with Crippen molar-refractivity contribution in [3.63, 3.8) is 0 Å². The summed E-state index contributed by atoms with van der Waals surface area (Å²) in [7, 11) is 0. The molecule has 0 heterocycles.